The van der Waals surface area contributed by atoms with Crippen LogP contribution in [0.2, 0.25) is 0 Å². The lowest BCUT2D eigenvalue weighted by Crippen LogP contribution is -2.06. The Morgan fingerprint density at radius 3 is 2.14 bits per heavy atom. The standard InChI is InChI=1S/C12H16O3.C6H12/c1-2-3-6-9-15-12(14)10-7-4-5-8-11(10)13;1-2-4-6-5-3-1/h4-5,7-8,13H,2-3,6,9H2,1H3;1-6H2. The van der Waals surface area contributed by atoms with E-state index in [4.69, 9.17) is 4.74 Å². The van der Waals surface area contributed by atoms with Crippen LogP contribution in [0.3, 0.4) is 0 Å². The molecular weight excluding hydrogens is 264 g/mol. The maximum atomic E-state index is 11.4. The lowest BCUT2D eigenvalue weighted by molar-refractivity contribution is 0.0495. The van der Waals surface area contributed by atoms with Crippen LogP contribution in [0, 0.1) is 0 Å². The zero-order valence-electron chi connectivity index (χ0n) is 13.1. The van der Waals surface area contributed by atoms with Crippen molar-refractivity contribution in [2.24, 2.45) is 0 Å². The molecule has 0 aromatic heterocycles. The molecule has 0 radical (unpaired) electrons. The van der Waals surface area contributed by atoms with Crippen molar-refractivity contribution in [2.75, 3.05) is 6.61 Å². The van der Waals surface area contributed by atoms with Crippen molar-refractivity contribution in [2.45, 2.75) is 64.7 Å². The van der Waals surface area contributed by atoms with Crippen molar-refractivity contribution in [3.05, 3.63) is 29.8 Å². The molecule has 0 amide bonds. The second-order valence-electron chi connectivity index (χ2n) is 5.48. The first-order valence-electron chi connectivity index (χ1n) is 8.20. The summed E-state index contributed by atoms with van der Waals surface area (Å²) in [5.74, 6) is -0.484. The van der Waals surface area contributed by atoms with Gasteiger partial charge in [0, 0.05) is 0 Å². The van der Waals surface area contributed by atoms with Gasteiger partial charge in [-0.05, 0) is 18.6 Å². The van der Waals surface area contributed by atoms with E-state index < -0.39 is 5.97 Å². The van der Waals surface area contributed by atoms with Crippen LogP contribution in [0.15, 0.2) is 24.3 Å². The Morgan fingerprint density at radius 2 is 1.62 bits per heavy atom. The molecule has 21 heavy (non-hydrogen) atoms. The average molecular weight is 292 g/mol. The molecule has 2 rings (SSSR count). The van der Waals surface area contributed by atoms with Gasteiger partial charge in [-0.1, -0.05) is 70.4 Å². The first kappa shape index (κ1) is 17.5. The maximum Gasteiger partial charge on any atom is 0.341 e. The van der Waals surface area contributed by atoms with Crippen LogP contribution in [0.25, 0.3) is 0 Å². The molecule has 0 heterocycles. The number of benzene rings is 1. The largest absolute Gasteiger partial charge is 0.507 e. The van der Waals surface area contributed by atoms with E-state index in [1.165, 1.54) is 44.6 Å². The number of ether oxygens (including phenoxy) is 1. The van der Waals surface area contributed by atoms with E-state index in [1.54, 1.807) is 18.2 Å². The Hall–Kier alpha value is -1.51. The van der Waals surface area contributed by atoms with Gasteiger partial charge >= 0.3 is 5.97 Å². The van der Waals surface area contributed by atoms with Crippen LogP contribution in [-0.2, 0) is 4.74 Å². The summed E-state index contributed by atoms with van der Waals surface area (Å²) in [6, 6.07) is 6.39. The zero-order valence-corrected chi connectivity index (χ0v) is 13.1. The van der Waals surface area contributed by atoms with Crippen molar-refractivity contribution in [3.8, 4) is 5.75 Å². The van der Waals surface area contributed by atoms with Crippen molar-refractivity contribution in [1.29, 1.82) is 0 Å². The molecule has 0 atom stereocenters. The molecule has 118 valence electrons. The molecule has 3 heteroatoms. The van der Waals surface area contributed by atoms with E-state index in [9.17, 15) is 9.90 Å². The SMILES string of the molecule is C1CCCCC1.CCCCCOC(=O)c1ccccc1O. The van der Waals surface area contributed by atoms with Crippen molar-refractivity contribution in [1.82, 2.24) is 0 Å². The van der Waals surface area contributed by atoms with Gasteiger partial charge in [-0.3, -0.25) is 0 Å². The van der Waals surface area contributed by atoms with E-state index >= 15 is 0 Å². The number of phenolic OH excluding ortho intramolecular Hbond substituents is 1. The number of hydrogen-bond acceptors (Lipinski definition) is 3. The summed E-state index contributed by atoms with van der Waals surface area (Å²) in [6.07, 6.45) is 12.0. The third kappa shape index (κ3) is 7.74. The van der Waals surface area contributed by atoms with Gasteiger partial charge < -0.3 is 9.84 Å². The second kappa shape index (κ2) is 11.2. The van der Waals surface area contributed by atoms with Crippen LogP contribution in [0.5, 0.6) is 5.75 Å². The lowest BCUT2D eigenvalue weighted by Gasteiger charge is -2.05. The van der Waals surface area contributed by atoms with Crippen LogP contribution < -0.4 is 0 Å². The number of carbonyl (C=O) groups excluding carboxylic acids is 1. The zero-order chi connectivity index (χ0) is 15.3. The summed E-state index contributed by atoms with van der Waals surface area (Å²) < 4.78 is 5.01. The molecule has 1 aliphatic carbocycles. The highest BCUT2D eigenvalue weighted by atomic mass is 16.5. The van der Waals surface area contributed by atoms with Gasteiger partial charge in [0.2, 0.25) is 0 Å². The number of hydrogen-bond donors (Lipinski definition) is 1. The summed E-state index contributed by atoms with van der Waals surface area (Å²) in [4.78, 5) is 11.4. The number of para-hydroxylation sites is 1. The average Bonchev–Trinajstić information content (AvgIpc) is 2.54. The van der Waals surface area contributed by atoms with Gasteiger partial charge in [0.15, 0.2) is 0 Å². The topological polar surface area (TPSA) is 46.5 Å². The fourth-order valence-electron chi connectivity index (χ4n) is 2.30. The molecule has 1 N–H and O–H groups in total. The van der Waals surface area contributed by atoms with E-state index in [-0.39, 0.29) is 11.3 Å². The molecule has 0 spiro atoms. The van der Waals surface area contributed by atoms with Gasteiger partial charge in [-0.2, -0.15) is 0 Å². The van der Waals surface area contributed by atoms with E-state index in [0.29, 0.717) is 6.61 Å². The molecule has 1 aromatic carbocycles. The highest BCUT2D eigenvalue weighted by Crippen LogP contribution is 2.16. The Balaban J connectivity index is 0.000000304. The van der Waals surface area contributed by atoms with Crippen LogP contribution in [0.4, 0.5) is 0 Å². The molecular formula is C18H28O3. The minimum atomic E-state index is -0.454. The molecule has 1 aromatic rings. The highest BCUT2D eigenvalue weighted by molar-refractivity contribution is 5.92. The minimum Gasteiger partial charge on any atom is -0.507 e. The van der Waals surface area contributed by atoms with E-state index in [0.717, 1.165) is 19.3 Å². The molecule has 1 fully saturated rings. The number of aromatic hydroxyl groups is 1. The quantitative estimate of drug-likeness (QED) is 0.608. The van der Waals surface area contributed by atoms with Gasteiger partial charge in [-0.15, -0.1) is 0 Å². The predicted octanol–water partition coefficient (Wildman–Crippen LogP) is 5.08. The smallest absolute Gasteiger partial charge is 0.341 e. The van der Waals surface area contributed by atoms with Crippen LogP contribution >= 0.6 is 0 Å². The van der Waals surface area contributed by atoms with Crippen LogP contribution in [0.1, 0.15) is 75.1 Å². The lowest BCUT2D eigenvalue weighted by atomic mass is 10.0. The van der Waals surface area contributed by atoms with Gasteiger partial charge in [-0.25, -0.2) is 4.79 Å². The first-order valence-corrected chi connectivity index (χ1v) is 8.20. The highest BCUT2D eigenvalue weighted by Gasteiger charge is 2.10. The molecule has 0 unspecified atom stereocenters. The van der Waals surface area contributed by atoms with Crippen LogP contribution in [-0.4, -0.2) is 17.7 Å². The Kier molecular flexibility index (Phi) is 9.34. The Labute approximate surface area is 128 Å². The summed E-state index contributed by atoms with van der Waals surface area (Å²) >= 11 is 0. The van der Waals surface area contributed by atoms with Crippen molar-refractivity contribution >= 4 is 5.97 Å². The minimum absolute atomic E-state index is 0.0296. The molecule has 1 saturated carbocycles. The fraction of sp³-hybridized carbons (Fsp3) is 0.611. The number of rotatable bonds is 5. The Morgan fingerprint density at radius 1 is 1.05 bits per heavy atom. The molecule has 0 aliphatic heterocycles. The van der Waals surface area contributed by atoms with Gasteiger partial charge in [0.1, 0.15) is 11.3 Å². The molecule has 1 aliphatic rings. The van der Waals surface area contributed by atoms with Gasteiger partial charge in [0.25, 0.3) is 0 Å². The second-order valence-corrected chi connectivity index (χ2v) is 5.48. The van der Waals surface area contributed by atoms with Crippen molar-refractivity contribution in [3.63, 3.8) is 0 Å². The third-order valence-electron chi connectivity index (χ3n) is 3.61. The van der Waals surface area contributed by atoms with Gasteiger partial charge in [0.05, 0.1) is 6.61 Å². The molecule has 3 nitrogen and oxygen atoms in total. The third-order valence-corrected chi connectivity index (χ3v) is 3.61. The Bertz CT molecular complexity index is 386. The number of phenols is 1. The summed E-state index contributed by atoms with van der Waals surface area (Å²) in [6.45, 7) is 2.51. The first-order chi connectivity index (χ1) is 10.3. The normalized spacial score (nSPS) is 14.0. The summed E-state index contributed by atoms with van der Waals surface area (Å²) in [5, 5.41) is 9.38. The monoisotopic (exact) mass is 292 g/mol. The van der Waals surface area contributed by atoms with E-state index in [1.807, 2.05) is 0 Å². The number of esters is 1. The summed E-state index contributed by atoms with van der Waals surface area (Å²) in [5.41, 5.74) is 0.231. The van der Waals surface area contributed by atoms with E-state index in [2.05, 4.69) is 6.92 Å². The number of carbonyl (C=O) groups is 1. The number of unbranched alkanes of at least 4 members (excludes halogenated alkanes) is 2. The van der Waals surface area contributed by atoms with Crippen molar-refractivity contribution < 1.29 is 14.6 Å². The molecule has 0 saturated heterocycles. The predicted molar refractivity (Wildman–Crippen MR) is 85.6 cm³/mol. The maximum absolute atomic E-state index is 11.4. The fourth-order valence-corrected chi connectivity index (χ4v) is 2.30. The molecule has 0 bridgehead atoms. The summed E-state index contributed by atoms with van der Waals surface area (Å²) in [7, 11) is 0.